The van der Waals surface area contributed by atoms with E-state index in [-0.39, 0.29) is 18.5 Å². The lowest BCUT2D eigenvalue weighted by atomic mass is 10.0. The molecule has 0 aromatic heterocycles. The Morgan fingerprint density at radius 2 is 0.534 bits per heavy atom. The largest absolute Gasteiger partial charge is 0.466 e. The fourth-order valence-electron chi connectivity index (χ4n) is 13.0. The maximum absolute atomic E-state index is 12.6. The van der Waals surface area contributed by atoms with E-state index in [1.165, 1.54) is 392 Å². The van der Waals surface area contributed by atoms with Crippen LogP contribution in [0.5, 0.6) is 0 Å². The highest BCUT2D eigenvalue weighted by atomic mass is 16.5. The highest BCUT2D eigenvalue weighted by Gasteiger charge is 2.18. The van der Waals surface area contributed by atoms with E-state index in [1.807, 2.05) is 6.08 Å². The second kappa shape index (κ2) is 77.8. The van der Waals surface area contributed by atoms with Crippen molar-refractivity contribution in [3.63, 3.8) is 0 Å². The summed E-state index contributed by atoms with van der Waals surface area (Å²) in [5, 5.41) is 23.3. The molecule has 0 rings (SSSR count). The molecule has 6 heteroatoms. The Kier molecular flexibility index (Phi) is 76.3. The van der Waals surface area contributed by atoms with Crippen LogP contribution in [0.25, 0.3) is 0 Å². The van der Waals surface area contributed by atoms with Gasteiger partial charge in [0, 0.05) is 12.8 Å². The lowest BCUT2D eigenvalue weighted by Crippen LogP contribution is -2.45. The van der Waals surface area contributed by atoms with Gasteiger partial charge in [-0.15, -0.1) is 0 Å². The Morgan fingerprint density at radius 3 is 0.807 bits per heavy atom. The maximum Gasteiger partial charge on any atom is 0.305 e. The number of rotatable bonds is 77. The van der Waals surface area contributed by atoms with E-state index >= 15 is 0 Å². The van der Waals surface area contributed by atoms with Crippen molar-refractivity contribution in [3.8, 4) is 0 Å². The van der Waals surface area contributed by atoms with Crippen LogP contribution in [0.15, 0.2) is 24.3 Å². The van der Waals surface area contributed by atoms with Gasteiger partial charge in [0.05, 0.1) is 25.4 Å². The van der Waals surface area contributed by atoms with E-state index in [4.69, 9.17) is 4.74 Å². The first-order valence-electron chi connectivity index (χ1n) is 40.6. The van der Waals surface area contributed by atoms with Crippen molar-refractivity contribution in [2.24, 2.45) is 0 Å². The molecule has 3 N–H and O–H groups in total. The molecule has 0 aliphatic carbocycles. The van der Waals surface area contributed by atoms with E-state index in [2.05, 4.69) is 31.3 Å². The molecule has 522 valence electrons. The van der Waals surface area contributed by atoms with E-state index < -0.39 is 12.1 Å². The first kappa shape index (κ1) is 86.3. The molecule has 0 aromatic rings. The summed E-state index contributed by atoms with van der Waals surface area (Å²) in [5.41, 5.74) is 0. The second-order valence-electron chi connectivity index (χ2n) is 28.1. The molecule has 0 aliphatic heterocycles. The number of ether oxygens (including phenoxy) is 1. The Morgan fingerprint density at radius 1 is 0.307 bits per heavy atom. The summed E-state index contributed by atoms with van der Waals surface area (Å²) in [6.07, 6.45) is 100. The molecule has 88 heavy (non-hydrogen) atoms. The minimum absolute atomic E-state index is 0.0168. The molecule has 2 atom stereocenters. The van der Waals surface area contributed by atoms with Gasteiger partial charge in [0.2, 0.25) is 5.91 Å². The van der Waals surface area contributed by atoms with Crippen LogP contribution in [0.3, 0.4) is 0 Å². The predicted molar refractivity (Wildman–Crippen MR) is 389 cm³/mol. The van der Waals surface area contributed by atoms with Crippen molar-refractivity contribution in [3.05, 3.63) is 24.3 Å². The molecule has 6 nitrogen and oxygen atoms in total. The van der Waals surface area contributed by atoms with Crippen molar-refractivity contribution in [1.29, 1.82) is 0 Å². The van der Waals surface area contributed by atoms with E-state index in [9.17, 15) is 19.8 Å². The number of amides is 1. The van der Waals surface area contributed by atoms with E-state index in [0.29, 0.717) is 19.4 Å². The molecule has 0 spiro atoms. The van der Waals surface area contributed by atoms with Gasteiger partial charge in [-0.1, -0.05) is 417 Å². The van der Waals surface area contributed by atoms with Crippen molar-refractivity contribution in [2.75, 3.05) is 13.2 Å². The number of esters is 1. The van der Waals surface area contributed by atoms with Gasteiger partial charge in [0.25, 0.3) is 0 Å². The quantitative estimate of drug-likeness (QED) is 0.0320. The van der Waals surface area contributed by atoms with Crippen LogP contribution in [-0.2, 0) is 14.3 Å². The van der Waals surface area contributed by atoms with Crippen molar-refractivity contribution < 1.29 is 24.5 Å². The maximum atomic E-state index is 12.6. The topological polar surface area (TPSA) is 95.9 Å². The molecule has 0 fully saturated rings. The molecule has 0 aliphatic rings. The van der Waals surface area contributed by atoms with Gasteiger partial charge in [-0.2, -0.15) is 0 Å². The van der Waals surface area contributed by atoms with E-state index in [1.54, 1.807) is 6.08 Å². The Hall–Kier alpha value is -1.66. The monoisotopic (exact) mass is 1240 g/mol. The van der Waals surface area contributed by atoms with Crippen LogP contribution in [0.4, 0.5) is 0 Å². The summed E-state index contributed by atoms with van der Waals surface area (Å²) in [7, 11) is 0. The lowest BCUT2D eigenvalue weighted by molar-refractivity contribution is -0.143. The number of aliphatic hydroxyl groups is 2. The van der Waals surface area contributed by atoms with Gasteiger partial charge in [0.15, 0.2) is 0 Å². The molecule has 0 heterocycles. The number of nitrogens with one attached hydrogen (secondary N) is 1. The van der Waals surface area contributed by atoms with Crippen LogP contribution < -0.4 is 5.32 Å². The Labute approximate surface area is 551 Å². The minimum Gasteiger partial charge on any atom is -0.466 e. The van der Waals surface area contributed by atoms with Crippen molar-refractivity contribution in [1.82, 2.24) is 5.32 Å². The highest BCUT2D eigenvalue weighted by Crippen LogP contribution is 2.20. The third-order valence-corrected chi connectivity index (χ3v) is 19.2. The van der Waals surface area contributed by atoms with Gasteiger partial charge >= 0.3 is 5.97 Å². The Balaban J connectivity index is 3.36. The molecule has 0 aromatic carbocycles. The third-order valence-electron chi connectivity index (χ3n) is 19.2. The molecule has 0 radical (unpaired) electrons. The normalized spacial score (nSPS) is 12.5. The van der Waals surface area contributed by atoms with Gasteiger partial charge in [-0.05, 0) is 57.8 Å². The average molecular weight is 1240 g/mol. The summed E-state index contributed by atoms with van der Waals surface area (Å²) < 4.78 is 5.51. The number of aliphatic hydroxyl groups excluding tert-OH is 2. The molecular weight excluding hydrogens is 1080 g/mol. The van der Waals surface area contributed by atoms with Crippen LogP contribution >= 0.6 is 0 Å². The SMILES string of the molecule is CCCCCCCCC/C=C\CCCCCCCCCC(=O)OCCCCCCCCCCCCCCCCCCCCCCCCCCCCCCC(=O)NC(CO)C(O)/C=C/CCCCCCCCCCCCCCCCCCCCCCCCC. The van der Waals surface area contributed by atoms with Crippen LogP contribution in [0.1, 0.15) is 463 Å². The zero-order chi connectivity index (χ0) is 63.5. The van der Waals surface area contributed by atoms with E-state index in [0.717, 1.165) is 44.9 Å². The fourth-order valence-corrected chi connectivity index (χ4v) is 13.0. The highest BCUT2D eigenvalue weighted by molar-refractivity contribution is 5.76. The molecular formula is C82H159NO5. The fraction of sp³-hybridized carbons (Fsp3) is 0.927. The minimum atomic E-state index is -0.844. The Bertz CT molecular complexity index is 1380. The summed E-state index contributed by atoms with van der Waals surface area (Å²) >= 11 is 0. The predicted octanol–water partition coefficient (Wildman–Crippen LogP) is 26.8. The lowest BCUT2D eigenvalue weighted by Gasteiger charge is -2.20. The molecule has 0 bridgehead atoms. The van der Waals surface area contributed by atoms with Gasteiger partial charge in [-0.3, -0.25) is 9.59 Å². The summed E-state index contributed by atoms with van der Waals surface area (Å²) in [5.74, 6) is -0.0425. The average Bonchev–Trinajstić information content (AvgIpc) is 3.58. The number of hydrogen-bond acceptors (Lipinski definition) is 5. The summed E-state index contributed by atoms with van der Waals surface area (Å²) in [4.78, 5) is 24.7. The van der Waals surface area contributed by atoms with Crippen LogP contribution in [0, 0.1) is 0 Å². The van der Waals surface area contributed by atoms with Crippen molar-refractivity contribution in [2.45, 2.75) is 475 Å². The zero-order valence-corrected chi connectivity index (χ0v) is 60.0. The van der Waals surface area contributed by atoms with Gasteiger partial charge < -0.3 is 20.3 Å². The summed E-state index contributed by atoms with van der Waals surface area (Å²) in [6, 6.07) is -0.627. The first-order valence-corrected chi connectivity index (χ1v) is 40.6. The molecule has 1 amide bonds. The standard InChI is InChI=1S/C82H159NO5/c1-3-5-7-9-11-13-15-17-19-21-23-24-25-30-33-36-39-42-46-50-54-58-62-66-70-74-80(85)79(78-84)83-81(86)75-71-67-63-59-55-51-47-43-40-37-34-31-28-26-27-29-32-35-38-41-45-49-53-57-61-65-69-73-77-88-82(87)76-72-68-64-60-56-52-48-44-22-20-18-16-14-12-10-8-6-4-2/h20,22,70,74,79-80,84-85H,3-19,21,23-69,71-73,75-78H2,1-2H3,(H,83,86)/b22-20-,74-70+. The number of unbranched alkanes of at least 4 members (excludes halogenated alkanes) is 64. The number of hydrogen-bond donors (Lipinski definition) is 3. The van der Waals surface area contributed by atoms with Gasteiger partial charge in [0.1, 0.15) is 0 Å². The molecule has 0 saturated carbocycles. The number of allylic oxidation sites excluding steroid dienone is 3. The van der Waals surface area contributed by atoms with Gasteiger partial charge in [-0.25, -0.2) is 0 Å². The number of carbonyl (C=O) groups is 2. The molecule has 0 saturated heterocycles. The third kappa shape index (κ3) is 73.4. The first-order chi connectivity index (χ1) is 43.5. The van der Waals surface area contributed by atoms with Crippen molar-refractivity contribution >= 4 is 11.9 Å². The molecule has 2 unspecified atom stereocenters. The second-order valence-corrected chi connectivity index (χ2v) is 28.1. The van der Waals surface area contributed by atoms with Crippen LogP contribution in [0.2, 0.25) is 0 Å². The van der Waals surface area contributed by atoms with Crippen LogP contribution in [-0.4, -0.2) is 47.4 Å². The summed E-state index contributed by atoms with van der Waals surface area (Å²) in [6.45, 7) is 4.96. The number of carbonyl (C=O) groups excluding carboxylic acids is 2. The smallest absolute Gasteiger partial charge is 0.305 e. The zero-order valence-electron chi connectivity index (χ0n) is 60.0.